The normalized spacial score (nSPS) is 11.9. The van der Waals surface area contributed by atoms with Gasteiger partial charge in [-0.1, -0.05) is 29.8 Å². The van der Waals surface area contributed by atoms with Gasteiger partial charge in [0.15, 0.2) is 0 Å². The van der Waals surface area contributed by atoms with Crippen molar-refractivity contribution in [2.24, 2.45) is 0 Å². The van der Waals surface area contributed by atoms with Gasteiger partial charge >= 0.3 is 0 Å². The number of nitrogens with zero attached hydrogens (tertiary/aromatic N) is 3. The molecule has 194 valence electrons. The molecular weight excluding hydrogens is 486 g/mol. The molecule has 0 aliphatic carbocycles. The van der Waals surface area contributed by atoms with Gasteiger partial charge in [-0.3, -0.25) is 4.68 Å². The number of pyridine rings is 1. The molecule has 0 aliphatic rings. The minimum absolute atomic E-state index is 0.200. The third-order valence-corrected chi connectivity index (χ3v) is 7.35. The lowest BCUT2D eigenvalue weighted by molar-refractivity contribution is 0.356. The molecule has 2 aromatic heterocycles. The van der Waals surface area contributed by atoms with Crippen LogP contribution in [0.4, 0.5) is 5.82 Å². The highest BCUT2D eigenvalue weighted by Crippen LogP contribution is 2.34. The van der Waals surface area contributed by atoms with E-state index in [0.29, 0.717) is 12.4 Å². The minimum Gasteiger partial charge on any atom is -0.497 e. The lowest BCUT2D eigenvalue weighted by Crippen LogP contribution is -2.29. The minimum atomic E-state index is -3.57. The first-order valence-corrected chi connectivity index (χ1v) is 13.6. The van der Waals surface area contributed by atoms with Crippen LogP contribution >= 0.6 is 0 Å². The zero-order valence-electron chi connectivity index (χ0n) is 21.8. The summed E-state index contributed by atoms with van der Waals surface area (Å²) in [4.78, 5) is 4.67. The Bertz CT molecular complexity index is 1470. The highest BCUT2D eigenvalue weighted by Gasteiger charge is 2.21. The molecule has 0 saturated heterocycles. The average molecular weight is 520 g/mol. The molecular formula is C28H33N5O3S. The van der Waals surface area contributed by atoms with E-state index in [1.54, 1.807) is 37.6 Å². The summed E-state index contributed by atoms with van der Waals surface area (Å²) in [6.45, 7) is 8.84. The van der Waals surface area contributed by atoms with Crippen molar-refractivity contribution >= 4 is 15.8 Å². The van der Waals surface area contributed by atoms with Crippen molar-refractivity contribution in [3.8, 4) is 28.1 Å². The Balaban J connectivity index is 1.53. The number of hydrogen-bond acceptors (Lipinski definition) is 6. The molecule has 4 aromatic rings. The van der Waals surface area contributed by atoms with Crippen molar-refractivity contribution in [3.63, 3.8) is 0 Å². The third-order valence-electron chi connectivity index (χ3n) is 5.87. The second-order valence-corrected chi connectivity index (χ2v) is 11.6. The summed E-state index contributed by atoms with van der Waals surface area (Å²) in [5.41, 5.74) is 4.52. The summed E-state index contributed by atoms with van der Waals surface area (Å²) in [5.74, 6) is 1.41. The van der Waals surface area contributed by atoms with Gasteiger partial charge in [0.1, 0.15) is 17.3 Å². The second-order valence-electron chi connectivity index (χ2n) is 9.81. The number of ether oxygens (including phenoxy) is 1. The van der Waals surface area contributed by atoms with Gasteiger partial charge in [-0.15, -0.1) is 0 Å². The summed E-state index contributed by atoms with van der Waals surface area (Å²) in [5, 5.41) is 8.13. The van der Waals surface area contributed by atoms with E-state index in [4.69, 9.17) is 9.84 Å². The van der Waals surface area contributed by atoms with Crippen LogP contribution in [-0.2, 0) is 15.6 Å². The number of aryl methyl sites for hydroxylation is 1. The van der Waals surface area contributed by atoms with Gasteiger partial charge in [0.25, 0.3) is 0 Å². The Labute approximate surface area is 218 Å². The molecule has 37 heavy (non-hydrogen) atoms. The number of aromatic nitrogens is 3. The number of methoxy groups -OCH3 is 1. The quantitative estimate of drug-likeness (QED) is 0.300. The van der Waals surface area contributed by atoms with Crippen molar-refractivity contribution < 1.29 is 13.2 Å². The van der Waals surface area contributed by atoms with Crippen LogP contribution in [-0.4, -0.2) is 43.4 Å². The molecule has 0 amide bonds. The van der Waals surface area contributed by atoms with Gasteiger partial charge < -0.3 is 10.1 Å². The van der Waals surface area contributed by atoms with Crippen molar-refractivity contribution in [2.75, 3.05) is 25.5 Å². The number of hydrogen-bond donors (Lipinski definition) is 2. The predicted octanol–water partition coefficient (Wildman–Crippen LogP) is 5.07. The van der Waals surface area contributed by atoms with E-state index in [-0.39, 0.29) is 17.0 Å². The Morgan fingerprint density at radius 2 is 1.73 bits per heavy atom. The molecule has 0 bridgehead atoms. The van der Waals surface area contributed by atoms with Crippen molar-refractivity contribution in [2.45, 2.75) is 38.1 Å². The molecule has 0 atom stereocenters. The molecule has 0 spiro atoms. The Hall–Kier alpha value is -3.69. The molecule has 2 aromatic carbocycles. The molecule has 0 saturated carbocycles. The second kappa shape index (κ2) is 10.7. The van der Waals surface area contributed by atoms with Crippen molar-refractivity contribution in [3.05, 3.63) is 78.6 Å². The fraction of sp³-hybridized carbons (Fsp3) is 0.286. The first-order chi connectivity index (χ1) is 17.6. The standard InChI is InChI=1S/C28H33N5O3S/c1-20-9-11-24(12-10-20)37(34,35)31-16-15-30-26-18-21(13-14-29-26)25-19-33(28(2,3)4)32-27(25)22-7-6-8-23(17-22)36-5/h6-14,17-19,31H,15-16H2,1-5H3,(H,29,30). The highest BCUT2D eigenvalue weighted by atomic mass is 32.2. The largest absolute Gasteiger partial charge is 0.497 e. The van der Waals surface area contributed by atoms with E-state index in [1.807, 2.05) is 54.2 Å². The smallest absolute Gasteiger partial charge is 0.240 e. The maximum Gasteiger partial charge on any atom is 0.240 e. The topological polar surface area (TPSA) is 98.1 Å². The summed E-state index contributed by atoms with van der Waals surface area (Å²) < 4.78 is 35.1. The van der Waals surface area contributed by atoms with Crippen LogP contribution in [0.5, 0.6) is 5.75 Å². The molecule has 0 unspecified atom stereocenters. The Morgan fingerprint density at radius 1 is 0.973 bits per heavy atom. The third kappa shape index (κ3) is 6.36. The maximum absolute atomic E-state index is 12.5. The molecule has 2 N–H and O–H groups in total. The van der Waals surface area contributed by atoms with Crippen LogP contribution < -0.4 is 14.8 Å². The maximum atomic E-state index is 12.5. The predicted molar refractivity (Wildman–Crippen MR) is 147 cm³/mol. The number of sulfonamides is 1. The van der Waals surface area contributed by atoms with E-state index in [1.165, 1.54) is 0 Å². The van der Waals surface area contributed by atoms with Gasteiger partial charge in [-0.2, -0.15) is 5.10 Å². The summed E-state index contributed by atoms with van der Waals surface area (Å²) in [7, 11) is -1.92. The van der Waals surface area contributed by atoms with Gasteiger partial charge in [0, 0.05) is 36.6 Å². The van der Waals surface area contributed by atoms with Crippen LogP contribution in [0.1, 0.15) is 26.3 Å². The number of benzene rings is 2. The number of nitrogens with one attached hydrogen (secondary N) is 2. The first-order valence-electron chi connectivity index (χ1n) is 12.1. The fourth-order valence-corrected chi connectivity index (χ4v) is 4.82. The zero-order chi connectivity index (χ0) is 26.6. The SMILES string of the molecule is COc1cccc(-c2nn(C(C)(C)C)cc2-c2ccnc(NCCNS(=O)(=O)c3ccc(C)cc3)c2)c1. The molecule has 9 heteroatoms. The summed E-state index contributed by atoms with van der Waals surface area (Å²) in [6.07, 6.45) is 3.78. The highest BCUT2D eigenvalue weighted by molar-refractivity contribution is 7.89. The molecule has 0 fully saturated rings. The van der Waals surface area contributed by atoms with Crippen LogP contribution in [0.25, 0.3) is 22.4 Å². The van der Waals surface area contributed by atoms with E-state index >= 15 is 0 Å². The number of rotatable bonds is 9. The van der Waals surface area contributed by atoms with Gasteiger partial charge in [-0.25, -0.2) is 18.1 Å². The fourth-order valence-electron chi connectivity index (χ4n) is 3.78. The monoisotopic (exact) mass is 519 g/mol. The van der Waals surface area contributed by atoms with Crippen LogP contribution in [0.2, 0.25) is 0 Å². The Morgan fingerprint density at radius 3 is 2.43 bits per heavy atom. The van der Waals surface area contributed by atoms with Crippen LogP contribution in [0.15, 0.2) is 78.0 Å². The van der Waals surface area contributed by atoms with Gasteiger partial charge in [-0.05, 0) is 69.7 Å². The van der Waals surface area contributed by atoms with E-state index in [9.17, 15) is 8.42 Å². The van der Waals surface area contributed by atoms with Crippen molar-refractivity contribution in [1.29, 1.82) is 0 Å². The Kier molecular flexibility index (Phi) is 7.65. The van der Waals surface area contributed by atoms with Crippen LogP contribution in [0, 0.1) is 6.92 Å². The number of anilines is 1. The van der Waals surface area contributed by atoms with E-state index in [0.717, 1.165) is 33.7 Å². The molecule has 0 aliphatic heterocycles. The van der Waals surface area contributed by atoms with Gasteiger partial charge in [0.05, 0.1) is 17.5 Å². The zero-order valence-corrected chi connectivity index (χ0v) is 22.6. The van der Waals surface area contributed by atoms with E-state index < -0.39 is 10.0 Å². The molecule has 0 radical (unpaired) electrons. The lowest BCUT2D eigenvalue weighted by atomic mass is 10.0. The summed E-state index contributed by atoms with van der Waals surface area (Å²) >= 11 is 0. The molecule has 2 heterocycles. The van der Waals surface area contributed by atoms with E-state index in [2.05, 4.69) is 35.8 Å². The van der Waals surface area contributed by atoms with Crippen molar-refractivity contribution in [1.82, 2.24) is 19.5 Å². The molecule has 8 nitrogen and oxygen atoms in total. The van der Waals surface area contributed by atoms with Gasteiger partial charge in [0.2, 0.25) is 10.0 Å². The summed E-state index contributed by atoms with van der Waals surface area (Å²) in [6, 6.07) is 18.5. The lowest BCUT2D eigenvalue weighted by Gasteiger charge is -2.18. The molecule has 4 rings (SSSR count). The first kappa shape index (κ1) is 26.4. The average Bonchev–Trinajstić information content (AvgIpc) is 3.34. The van der Waals surface area contributed by atoms with Crippen LogP contribution in [0.3, 0.4) is 0 Å².